The lowest BCUT2D eigenvalue weighted by Crippen LogP contribution is -2.57. The minimum atomic E-state index is -0.673. The van der Waals surface area contributed by atoms with Crippen molar-refractivity contribution in [1.29, 1.82) is 0 Å². The zero-order valence-electron chi connectivity index (χ0n) is 20.9. The van der Waals surface area contributed by atoms with E-state index in [-0.39, 0.29) is 47.1 Å². The third-order valence-electron chi connectivity index (χ3n) is 7.54. The Morgan fingerprint density at radius 3 is 2.71 bits per heavy atom. The Morgan fingerprint density at radius 2 is 2.09 bits per heavy atom. The fourth-order valence-electron chi connectivity index (χ4n) is 6.08. The van der Waals surface area contributed by atoms with Crippen molar-refractivity contribution in [2.75, 3.05) is 26.3 Å². The molecule has 4 unspecified atom stereocenters. The fourth-order valence-corrected chi connectivity index (χ4v) is 9.68. The summed E-state index contributed by atoms with van der Waals surface area (Å²) < 4.78 is 4.76. The number of rotatable bonds is 14. The monoisotopic (exact) mass is 570 g/mol. The van der Waals surface area contributed by atoms with Crippen molar-refractivity contribution in [3.8, 4) is 0 Å². The van der Waals surface area contributed by atoms with Crippen molar-refractivity contribution < 1.29 is 24.2 Å². The quantitative estimate of drug-likeness (QED) is 0.149. The first-order valence-electron chi connectivity index (χ1n) is 12.7. The molecule has 35 heavy (non-hydrogen) atoms. The van der Waals surface area contributed by atoms with Crippen LogP contribution in [0.15, 0.2) is 25.3 Å². The average molecular weight is 572 g/mol. The van der Waals surface area contributed by atoms with E-state index in [1.54, 1.807) is 22.7 Å². The third-order valence-corrected chi connectivity index (χ3v) is 10.8. The second-order valence-corrected chi connectivity index (χ2v) is 12.5. The Morgan fingerprint density at radius 1 is 1.34 bits per heavy atom. The van der Waals surface area contributed by atoms with Crippen LogP contribution in [0.1, 0.15) is 52.4 Å². The number of hydrogen-bond acceptors (Lipinski definition) is 6. The highest BCUT2D eigenvalue weighted by molar-refractivity contribution is 9.09. The number of carbonyl (C=O) groups is 3. The van der Waals surface area contributed by atoms with Crippen molar-refractivity contribution in [2.45, 2.75) is 79.3 Å². The maximum absolute atomic E-state index is 14.3. The molecule has 3 heterocycles. The van der Waals surface area contributed by atoms with Crippen molar-refractivity contribution in [2.24, 2.45) is 11.8 Å². The zero-order valence-corrected chi connectivity index (χ0v) is 23.3. The van der Waals surface area contributed by atoms with Gasteiger partial charge in [-0.15, -0.1) is 18.3 Å². The molecular formula is C26H39BrN2O5S. The van der Waals surface area contributed by atoms with Crippen LogP contribution in [0.25, 0.3) is 0 Å². The Kier molecular flexibility index (Phi) is 9.91. The first-order chi connectivity index (χ1) is 16.8. The summed E-state index contributed by atoms with van der Waals surface area (Å²) in [4.78, 5) is 44.9. The molecule has 196 valence electrons. The van der Waals surface area contributed by atoms with E-state index < -0.39 is 22.6 Å². The van der Waals surface area contributed by atoms with Gasteiger partial charge in [0.05, 0.1) is 16.6 Å². The number of hydrogen-bond donors (Lipinski definition) is 1. The minimum absolute atomic E-state index is 0.0170. The van der Waals surface area contributed by atoms with Gasteiger partial charge in [0.2, 0.25) is 11.8 Å². The number of likely N-dealkylation sites (tertiary alicyclic amines) is 1. The van der Waals surface area contributed by atoms with Crippen LogP contribution >= 0.6 is 27.7 Å². The number of ether oxygens (including phenoxy) is 1. The molecule has 2 amide bonds. The van der Waals surface area contributed by atoms with Crippen LogP contribution in [0.4, 0.5) is 0 Å². The number of amides is 2. The van der Waals surface area contributed by atoms with Gasteiger partial charge in [0.15, 0.2) is 0 Å². The summed E-state index contributed by atoms with van der Waals surface area (Å²) in [5.41, 5.74) is 0. The molecule has 0 saturated carbocycles. The van der Waals surface area contributed by atoms with E-state index in [1.165, 1.54) is 6.08 Å². The largest absolute Gasteiger partial charge is 0.461 e. The molecule has 7 nitrogen and oxygen atoms in total. The molecule has 0 aliphatic carbocycles. The van der Waals surface area contributed by atoms with Crippen LogP contribution in [-0.2, 0) is 19.1 Å². The molecule has 0 aromatic rings. The van der Waals surface area contributed by atoms with Crippen molar-refractivity contribution in [3.05, 3.63) is 25.3 Å². The van der Waals surface area contributed by atoms with Crippen molar-refractivity contribution >= 4 is 45.5 Å². The van der Waals surface area contributed by atoms with Gasteiger partial charge in [-0.1, -0.05) is 48.0 Å². The maximum atomic E-state index is 14.3. The molecule has 1 N–H and O–H groups in total. The van der Waals surface area contributed by atoms with E-state index in [0.29, 0.717) is 32.4 Å². The van der Waals surface area contributed by atoms with Crippen molar-refractivity contribution in [1.82, 2.24) is 9.80 Å². The van der Waals surface area contributed by atoms with Crippen LogP contribution in [0.5, 0.6) is 0 Å². The number of halogens is 1. The number of alkyl halides is 1. The molecule has 3 saturated heterocycles. The van der Waals surface area contributed by atoms with Gasteiger partial charge in [-0.25, -0.2) is 0 Å². The summed E-state index contributed by atoms with van der Waals surface area (Å²) in [6.07, 6.45) is 7.84. The summed E-state index contributed by atoms with van der Waals surface area (Å²) in [6, 6.07) is -0.621. The van der Waals surface area contributed by atoms with Crippen LogP contribution < -0.4 is 0 Å². The molecule has 3 aliphatic heterocycles. The number of esters is 1. The number of unbranched alkanes of at least 4 members (excludes halogenated alkanes) is 2. The molecule has 3 rings (SSSR count). The predicted molar refractivity (Wildman–Crippen MR) is 142 cm³/mol. The smallest absolute Gasteiger partial charge is 0.311 e. The van der Waals surface area contributed by atoms with E-state index in [1.807, 2.05) is 11.8 Å². The molecular weight excluding hydrogens is 532 g/mol. The van der Waals surface area contributed by atoms with E-state index in [4.69, 9.17) is 4.74 Å². The maximum Gasteiger partial charge on any atom is 0.311 e. The van der Waals surface area contributed by atoms with Crippen LogP contribution in [0.3, 0.4) is 0 Å². The van der Waals surface area contributed by atoms with E-state index in [9.17, 15) is 19.5 Å². The Hall–Kier alpha value is -1.32. The molecule has 3 aliphatic rings. The normalized spacial score (nSPS) is 31.8. The van der Waals surface area contributed by atoms with Gasteiger partial charge in [0, 0.05) is 35.8 Å². The molecule has 0 radical (unpaired) electrons. The number of nitrogens with zero attached hydrogens (tertiary/aromatic N) is 2. The van der Waals surface area contributed by atoms with E-state index in [0.717, 1.165) is 19.3 Å². The standard InChI is InChI=1S/C26H39BrN2O5S/c1-5-11-17(4)28(12-6-2)24(32)22-26-16-18(27)21(35-26)19(25(33)34-15-7-3)20(26)23(31)29(22)13-9-8-10-14-30/h6-7,17-22,30H,2-3,5,8-16H2,1,4H3/t17?,18?,19-,20+,21-,22?,26?/m1/s1. The van der Waals surface area contributed by atoms with Crippen molar-refractivity contribution in [3.63, 3.8) is 0 Å². The SMILES string of the molecule is C=CCOC(=O)[C@H]1[C@@H]2SC3(CC2Br)C(C(=O)N(CC=C)C(C)CCC)N(CCCCCO)C(=O)[C@H]13. The molecule has 3 fully saturated rings. The lowest BCUT2D eigenvalue weighted by atomic mass is 9.71. The van der Waals surface area contributed by atoms with Crippen LogP contribution in [0.2, 0.25) is 0 Å². The summed E-state index contributed by atoms with van der Waals surface area (Å²) in [6.45, 7) is 12.7. The Labute approximate surface area is 221 Å². The second kappa shape index (κ2) is 12.3. The van der Waals surface area contributed by atoms with Gasteiger partial charge in [-0.05, 0) is 39.0 Å². The lowest BCUT2D eigenvalue weighted by molar-refractivity contribution is -0.153. The van der Waals surface area contributed by atoms with E-state index >= 15 is 0 Å². The molecule has 2 bridgehead atoms. The molecule has 0 aromatic carbocycles. The third kappa shape index (κ3) is 5.23. The average Bonchev–Trinajstić information content (AvgIpc) is 3.42. The van der Waals surface area contributed by atoms with Gasteiger partial charge in [-0.3, -0.25) is 14.4 Å². The molecule has 9 heteroatoms. The number of aliphatic hydroxyl groups is 1. The molecule has 0 aromatic heterocycles. The Balaban J connectivity index is 2.00. The summed E-state index contributed by atoms with van der Waals surface area (Å²) in [5, 5.41) is 9.07. The molecule has 1 spiro atoms. The first kappa shape index (κ1) is 28.3. The number of thioether (sulfide) groups is 1. The van der Waals surface area contributed by atoms with Gasteiger partial charge >= 0.3 is 5.97 Å². The van der Waals surface area contributed by atoms with Gasteiger partial charge in [0.1, 0.15) is 12.6 Å². The highest BCUT2D eigenvalue weighted by Crippen LogP contribution is 2.68. The lowest BCUT2D eigenvalue weighted by Gasteiger charge is -2.39. The second-order valence-electron chi connectivity index (χ2n) is 9.82. The topological polar surface area (TPSA) is 87.2 Å². The van der Waals surface area contributed by atoms with E-state index in [2.05, 4.69) is 36.0 Å². The predicted octanol–water partition coefficient (Wildman–Crippen LogP) is 3.55. The first-order valence-corrected chi connectivity index (χ1v) is 14.5. The van der Waals surface area contributed by atoms with Crippen LogP contribution in [0, 0.1) is 11.8 Å². The minimum Gasteiger partial charge on any atom is -0.461 e. The number of carbonyl (C=O) groups excluding carboxylic acids is 3. The fraction of sp³-hybridized carbons (Fsp3) is 0.731. The summed E-state index contributed by atoms with van der Waals surface area (Å²) in [5.74, 6) is -1.74. The summed E-state index contributed by atoms with van der Waals surface area (Å²) >= 11 is 5.39. The number of aliphatic hydroxyl groups excluding tert-OH is 1. The Bertz CT molecular complexity index is 826. The van der Waals surface area contributed by atoms with Gasteiger partial charge < -0.3 is 19.6 Å². The van der Waals surface area contributed by atoms with Crippen LogP contribution in [-0.4, -0.2) is 85.9 Å². The summed E-state index contributed by atoms with van der Waals surface area (Å²) in [7, 11) is 0. The van der Waals surface area contributed by atoms with Gasteiger partial charge in [0.25, 0.3) is 0 Å². The highest BCUT2D eigenvalue weighted by atomic mass is 79.9. The zero-order chi connectivity index (χ0) is 25.8. The number of fused-ring (bicyclic) bond motifs is 1. The van der Waals surface area contributed by atoms with Gasteiger partial charge in [-0.2, -0.15) is 0 Å². The molecule has 7 atom stereocenters. The highest BCUT2D eigenvalue weighted by Gasteiger charge is 2.76.